The van der Waals surface area contributed by atoms with Crippen LogP contribution in [0, 0.1) is 5.82 Å². The molecule has 0 spiro atoms. The van der Waals surface area contributed by atoms with Crippen molar-refractivity contribution in [2.45, 2.75) is 0 Å². The zero-order valence-electron chi connectivity index (χ0n) is 9.75. The van der Waals surface area contributed by atoms with E-state index in [-0.39, 0.29) is 5.69 Å². The fourth-order valence-corrected chi connectivity index (χ4v) is 2.26. The van der Waals surface area contributed by atoms with Crippen LogP contribution < -0.4 is 4.90 Å². The normalized spacial score (nSPS) is 10.2. The van der Waals surface area contributed by atoms with Crippen LogP contribution >= 0.6 is 11.3 Å². The lowest BCUT2D eigenvalue weighted by Gasteiger charge is -2.20. The molecule has 0 bridgehead atoms. The summed E-state index contributed by atoms with van der Waals surface area (Å²) in [6, 6.07) is 8.59. The van der Waals surface area contributed by atoms with Crippen LogP contribution in [0.2, 0.25) is 0 Å². The smallest absolute Gasteiger partial charge is 0.323 e. The van der Waals surface area contributed by atoms with Crippen LogP contribution in [0.4, 0.5) is 10.1 Å². The molecule has 19 heavy (non-hydrogen) atoms. The van der Waals surface area contributed by atoms with Gasteiger partial charge < -0.3 is 5.11 Å². The van der Waals surface area contributed by atoms with E-state index in [0.29, 0.717) is 4.88 Å². The van der Waals surface area contributed by atoms with E-state index in [4.69, 9.17) is 5.11 Å². The first-order chi connectivity index (χ1) is 9.08. The van der Waals surface area contributed by atoms with Crippen molar-refractivity contribution in [3.05, 3.63) is 52.5 Å². The van der Waals surface area contributed by atoms with Crippen molar-refractivity contribution in [2.75, 3.05) is 11.4 Å². The predicted octanol–water partition coefficient (Wildman–Crippen LogP) is 2.62. The maximum absolute atomic E-state index is 13.2. The summed E-state index contributed by atoms with van der Waals surface area (Å²) in [5.41, 5.74) is 0.223. The van der Waals surface area contributed by atoms with Gasteiger partial charge >= 0.3 is 5.97 Å². The summed E-state index contributed by atoms with van der Waals surface area (Å²) in [4.78, 5) is 24.5. The molecule has 0 atom stereocenters. The Balaban J connectivity index is 2.36. The van der Waals surface area contributed by atoms with Crippen LogP contribution in [0.1, 0.15) is 9.67 Å². The molecule has 2 rings (SSSR count). The minimum Gasteiger partial charge on any atom is -0.480 e. The Kier molecular flexibility index (Phi) is 3.91. The highest BCUT2D eigenvalue weighted by atomic mass is 32.1. The number of halogens is 1. The molecule has 0 unspecified atom stereocenters. The first-order valence-electron chi connectivity index (χ1n) is 5.40. The quantitative estimate of drug-likeness (QED) is 0.936. The molecule has 1 heterocycles. The Morgan fingerprint density at radius 1 is 1.26 bits per heavy atom. The summed E-state index contributed by atoms with van der Waals surface area (Å²) in [7, 11) is 0. The Morgan fingerprint density at radius 3 is 2.63 bits per heavy atom. The Hall–Kier alpha value is -2.21. The number of carbonyl (C=O) groups is 2. The molecule has 1 aromatic carbocycles. The van der Waals surface area contributed by atoms with Gasteiger partial charge in [0.2, 0.25) is 0 Å². The molecule has 1 N–H and O–H groups in total. The fraction of sp³-hybridized carbons (Fsp3) is 0.0769. The number of hydrogen-bond acceptors (Lipinski definition) is 3. The van der Waals surface area contributed by atoms with Gasteiger partial charge in [-0.3, -0.25) is 14.5 Å². The van der Waals surface area contributed by atoms with Crippen LogP contribution in [0.25, 0.3) is 0 Å². The van der Waals surface area contributed by atoms with E-state index in [1.807, 2.05) is 0 Å². The van der Waals surface area contributed by atoms with Crippen molar-refractivity contribution in [3.63, 3.8) is 0 Å². The summed E-state index contributed by atoms with van der Waals surface area (Å²) in [6.45, 7) is -0.514. The Labute approximate surface area is 112 Å². The highest BCUT2D eigenvalue weighted by Gasteiger charge is 2.21. The van der Waals surface area contributed by atoms with Gasteiger partial charge in [-0.1, -0.05) is 12.1 Å². The van der Waals surface area contributed by atoms with Gasteiger partial charge in [-0.2, -0.15) is 0 Å². The lowest BCUT2D eigenvalue weighted by Crippen LogP contribution is -2.35. The maximum Gasteiger partial charge on any atom is 0.323 e. The zero-order chi connectivity index (χ0) is 13.8. The first kappa shape index (κ1) is 13.2. The Morgan fingerprint density at radius 2 is 2.05 bits per heavy atom. The van der Waals surface area contributed by atoms with E-state index < -0.39 is 24.2 Å². The number of carboxylic acids is 1. The molecular formula is C13H10FNO3S. The summed E-state index contributed by atoms with van der Waals surface area (Å²) in [5.74, 6) is -2.14. The molecule has 2 aromatic rings. The fourth-order valence-electron chi connectivity index (χ4n) is 1.59. The van der Waals surface area contributed by atoms with E-state index in [2.05, 4.69) is 0 Å². The standard InChI is InChI=1S/C13H10FNO3S/c14-9-3-1-4-10(7-9)15(8-12(16)17)13(18)11-5-2-6-19-11/h1-7H,8H2,(H,16,17). The average molecular weight is 279 g/mol. The van der Waals surface area contributed by atoms with Gasteiger partial charge in [0.15, 0.2) is 0 Å². The molecule has 1 aromatic heterocycles. The second-order valence-electron chi connectivity index (χ2n) is 3.74. The van der Waals surface area contributed by atoms with Crippen molar-refractivity contribution in [1.82, 2.24) is 0 Å². The molecule has 0 aliphatic rings. The first-order valence-corrected chi connectivity index (χ1v) is 6.28. The van der Waals surface area contributed by atoms with Crippen LogP contribution in [0.15, 0.2) is 41.8 Å². The molecule has 0 radical (unpaired) electrons. The molecule has 0 saturated carbocycles. The molecule has 0 aliphatic heterocycles. The number of aliphatic carboxylic acids is 1. The molecule has 0 fully saturated rings. The second kappa shape index (κ2) is 5.62. The average Bonchev–Trinajstić information content (AvgIpc) is 2.88. The summed E-state index contributed by atoms with van der Waals surface area (Å²) in [6.07, 6.45) is 0. The number of benzene rings is 1. The van der Waals surface area contributed by atoms with Crippen molar-refractivity contribution in [1.29, 1.82) is 0 Å². The van der Waals surface area contributed by atoms with Crippen molar-refractivity contribution in [3.8, 4) is 0 Å². The third kappa shape index (κ3) is 3.17. The van der Waals surface area contributed by atoms with Gasteiger partial charge in [0.1, 0.15) is 12.4 Å². The maximum atomic E-state index is 13.2. The minimum absolute atomic E-state index is 0.223. The molecule has 1 amide bonds. The van der Waals surface area contributed by atoms with Crippen molar-refractivity contribution >= 4 is 28.9 Å². The Bertz CT molecular complexity index is 598. The van der Waals surface area contributed by atoms with Crippen molar-refractivity contribution in [2.24, 2.45) is 0 Å². The molecule has 0 aliphatic carbocycles. The number of hydrogen-bond donors (Lipinski definition) is 1. The third-order valence-electron chi connectivity index (χ3n) is 2.39. The second-order valence-corrected chi connectivity index (χ2v) is 4.69. The number of carbonyl (C=O) groups excluding carboxylic acids is 1. The van der Waals surface area contributed by atoms with Crippen molar-refractivity contribution < 1.29 is 19.1 Å². The van der Waals surface area contributed by atoms with E-state index >= 15 is 0 Å². The van der Waals surface area contributed by atoms with E-state index in [0.717, 1.165) is 11.0 Å². The summed E-state index contributed by atoms with van der Waals surface area (Å²) in [5, 5.41) is 10.6. The van der Waals surface area contributed by atoms with Crippen LogP contribution in [-0.4, -0.2) is 23.5 Å². The van der Waals surface area contributed by atoms with Gasteiger partial charge in [-0.15, -0.1) is 11.3 Å². The highest BCUT2D eigenvalue weighted by Crippen LogP contribution is 2.20. The van der Waals surface area contributed by atoms with Gasteiger partial charge in [0.05, 0.1) is 4.88 Å². The van der Waals surface area contributed by atoms with E-state index in [1.165, 1.54) is 29.5 Å². The number of nitrogens with zero attached hydrogens (tertiary/aromatic N) is 1. The largest absolute Gasteiger partial charge is 0.480 e. The molecule has 6 heteroatoms. The highest BCUT2D eigenvalue weighted by molar-refractivity contribution is 7.12. The van der Waals surface area contributed by atoms with Crippen LogP contribution in [-0.2, 0) is 4.79 Å². The lowest BCUT2D eigenvalue weighted by atomic mass is 10.2. The minimum atomic E-state index is -1.16. The van der Waals surface area contributed by atoms with Gasteiger partial charge in [0.25, 0.3) is 5.91 Å². The number of amides is 1. The molecule has 4 nitrogen and oxygen atoms in total. The van der Waals surface area contributed by atoms with E-state index in [9.17, 15) is 14.0 Å². The van der Waals surface area contributed by atoms with E-state index in [1.54, 1.807) is 17.5 Å². The number of rotatable bonds is 4. The number of thiophene rings is 1. The monoisotopic (exact) mass is 279 g/mol. The predicted molar refractivity (Wildman–Crippen MR) is 70.0 cm³/mol. The molecule has 98 valence electrons. The SMILES string of the molecule is O=C(O)CN(C(=O)c1cccs1)c1cccc(F)c1. The van der Waals surface area contributed by atoms with Gasteiger partial charge in [-0.05, 0) is 29.6 Å². The molecule has 0 saturated heterocycles. The topological polar surface area (TPSA) is 57.6 Å². The summed E-state index contributed by atoms with van der Waals surface area (Å²) >= 11 is 1.21. The molecular weight excluding hydrogens is 269 g/mol. The lowest BCUT2D eigenvalue weighted by molar-refractivity contribution is -0.135. The number of anilines is 1. The van der Waals surface area contributed by atoms with Gasteiger partial charge in [0, 0.05) is 5.69 Å². The van der Waals surface area contributed by atoms with Crippen LogP contribution in [0.5, 0.6) is 0 Å². The number of carboxylic acid groups (broad SMARTS) is 1. The van der Waals surface area contributed by atoms with Crippen LogP contribution in [0.3, 0.4) is 0 Å². The third-order valence-corrected chi connectivity index (χ3v) is 3.25. The summed E-state index contributed by atoms with van der Waals surface area (Å²) < 4.78 is 13.2. The zero-order valence-corrected chi connectivity index (χ0v) is 10.6. The van der Waals surface area contributed by atoms with Gasteiger partial charge in [-0.25, -0.2) is 4.39 Å².